The van der Waals surface area contributed by atoms with E-state index in [-0.39, 0.29) is 18.9 Å². The fraction of sp³-hybridized carbons (Fsp3) is 0.824. The van der Waals surface area contributed by atoms with Crippen molar-refractivity contribution in [1.82, 2.24) is 5.32 Å². The molecule has 1 amide bonds. The third-order valence-corrected chi connectivity index (χ3v) is 19.8. The zero-order valence-corrected chi connectivity index (χ0v) is 63.2. The highest BCUT2D eigenvalue weighted by Crippen LogP contribution is 2.30. The summed E-state index contributed by atoms with van der Waals surface area (Å²) < 4.78 is 22.9. The summed E-state index contributed by atoms with van der Waals surface area (Å²) >= 11 is 0. The average molecular weight is 1400 g/mol. The molecule has 2 fully saturated rings. The Morgan fingerprint density at radius 1 is 0.374 bits per heavy atom. The zero-order chi connectivity index (χ0) is 71.5. The van der Waals surface area contributed by atoms with E-state index in [9.17, 15) is 45.6 Å². The van der Waals surface area contributed by atoms with Crippen LogP contribution in [0.3, 0.4) is 0 Å². The van der Waals surface area contributed by atoms with Crippen LogP contribution < -0.4 is 5.32 Å². The second kappa shape index (κ2) is 68.3. The standard InChI is InChI=1S/C85H153NO13/c1-3-5-7-9-11-13-15-17-19-21-23-25-27-29-31-33-35-37-39-41-43-45-47-49-51-53-55-57-59-61-63-65-67-69-77(90)86-73(72-96-84-82(95)80(93)83(76(71-88)98-84)99-85-81(94)79(92)78(91)75(70-87)97-85)74(89)68-66-64-62-60-58-56-54-52-50-48-46-44-42-40-38-36-34-32-30-28-26-24-22-20-18-16-14-12-10-8-6-4-2/h5,7,11,13,17,19,23,25,29,31,58,60,66,68,73-76,78-85,87-89,91-95H,3-4,6,8-10,12,14-16,18,20-22,24,26-28,30,32-57,59,61-65,67,69-72H2,1-2H3,(H,86,90)/b7-5-,13-11-,19-17-,25-23-,31-29-,60-58+,68-66+. The number of aliphatic hydroxyl groups excluding tert-OH is 8. The summed E-state index contributed by atoms with van der Waals surface area (Å²) in [5, 5.41) is 87.7. The molecule has 0 saturated carbocycles. The van der Waals surface area contributed by atoms with Gasteiger partial charge in [0.15, 0.2) is 12.6 Å². The molecule has 2 aliphatic heterocycles. The molecule has 2 aliphatic rings. The number of carbonyl (C=O) groups is 1. The average Bonchev–Trinajstić information content (AvgIpc) is 0.793. The van der Waals surface area contributed by atoms with Crippen LogP contribution in [0.2, 0.25) is 0 Å². The maximum atomic E-state index is 13.4. The van der Waals surface area contributed by atoms with Gasteiger partial charge < -0.3 is 65.1 Å². The summed E-state index contributed by atoms with van der Waals surface area (Å²) in [6, 6.07) is -0.937. The van der Waals surface area contributed by atoms with Crippen molar-refractivity contribution in [1.29, 1.82) is 0 Å². The molecule has 2 rings (SSSR count). The smallest absolute Gasteiger partial charge is 0.220 e. The number of nitrogens with one attached hydrogen (secondary N) is 1. The van der Waals surface area contributed by atoms with Gasteiger partial charge in [0.25, 0.3) is 0 Å². The summed E-state index contributed by atoms with van der Waals surface area (Å²) in [5.41, 5.74) is 0. The lowest BCUT2D eigenvalue weighted by atomic mass is 9.97. The van der Waals surface area contributed by atoms with Crippen LogP contribution in [0.25, 0.3) is 0 Å². The van der Waals surface area contributed by atoms with E-state index >= 15 is 0 Å². The first kappa shape index (κ1) is 92.3. The number of carbonyl (C=O) groups excluding carboxylic acids is 1. The summed E-state index contributed by atoms with van der Waals surface area (Å²) in [7, 11) is 0. The predicted octanol–water partition coefficient (Wildman–Crippen LogP) is 19.1. The van der Waals surface area contributed by atoms with Crippen LogP contribution in [0, 0.1) is 0 Å². The maximum absolute atomic E-state index is 13.4. The Balaban J connectivity index is 1.62. The third kappa shape index (κ3) is 51.1. The van der Waals surface area contributed by atoms with Gasteiger partial charge in [-0.1, -0.05) is 356 Å². The van der Waals surface area contributed by atoms with Crippen molar-refractivity contribution in [2.45, 2.75) is 428 Å². The Kier molecular flexibility index (Phi) is 63.6. The van der Waals surface area contributed by atoms with Crippen molar-refractivity contribution in [3.05, 3.63) is 85.1 Å². The Hall–Kier alpha value is -2.83. The molecule has 0 spiro atoms. The number of aliphatic hydroxyl groups is 8. The maximum Gasteiger partial charge on any atom is 0.220 e. The highest BCUT2D eigenvalue weighted by Gasteiger charge is 2.51. The largest absolute Gasteiger partial charge is 0.394 e. The van der Waals surface area contributed by atoms with Crippen LogP contribution in [0.1, 0.15) is 354 Å². The number of hydrogen-bond acceptors (Lipinski definition) is 13. The van der Waals surface area contributed by atoms with E-state index < -0.39 is 86.8 Å². The highest BCUT2D eigenvalue weighted by atomic mass is 16.7. The zero-order valence-electron chi connectivity index (χ0n) is 63.2. The van der Waals surface area contributed by atoms with Gasteiger partial charge in [0.2, 0.25) is 5.91 Å². The van der Waals surface area contributed by atoms with Crippen molar-refractivity contribution in [3.63, 3.8) is 0 Å². The van der Waals surface area contributed by atoms with E-state index in [1.807, 2.05) is 6.08 Å². The SMILES string of the molecule is CC/C=C\C/C=C\C/C=C\C/C=C\C/C=C\CCCCCCCCCCCCCCCCCCCC(=O)NC(COC1OC(CO)C(OC2OC(CO)C(O)C(O)C2O)C(O)C1O)C(O)/C=C/CC/C=C/CCCCCCCCCCCCCCCCCCCCCCCCCCCC. The molecular formula is C85H153NO13. The topological polar surface area (TPSA) is 228 Å². The first-order chi connectivity index (χ1) is 48.6. The minimum Gasteiger partial charge on any atom is -0.394 e. The Labute approximate surface area is 605 Å². The van der Waals surface area contributed by atoms with E-state index in [0.717, 1.165) is 64.2 Å². The molecule has 576 valence electrons. The van der Waals surface area contributed by atoms with Gasteiger partial charge in [-0.05, 0) is 77.0 Å². The van der Waals surface area contributed by atoms with E-state index in [4.69, 9.17) is 18.9 Å². The van der Waals surface area contributed by atoms with Gasteiger partial charge in [-0.25, -0.2) is 0 Å². The first-order valence-electron chi connectivity index (χ1n) is 41.3. The lowest BCUT2D eigenvalue weighted by molar-refractivity contribution is -0.359. The second-order valence-electron chi connectivity index (χ2n) is 28.9. The second-order valence-corrected chi connectivity index (χ2v) is 28.9. The molecule has 0 aromatic rings. The van der Waals surface area contributed by atoms with Gasteiger partial charge in [-0.2, -0.15) is 0 Å². The van der Waals surface area contributed by atoms with E-state index in [2.05, 4.69) is 92.1 Å². The summed E-state index contributed by atoms with van der Waals surface area (Å²) in [5.74, 6) is -0.246. The van der Waals surface area contributed by atoms with E-state index in [0.29, 0.717) is 12.8 Å². The van der Waals surface area contributed by atoms with Crippen LogP contribution in [0.5, 0.6) is 0 Å². The fourth-order valence-electron chi connectivity index (χ4n) is 13.3. The normalized spacial score (nSPS) is 22.4. The Morgan fingerprint density at radius 2 is 0.707 bits per heavy atom. The van der Waals surface area contributed by atoms with Crippen LogP contribution in [-0.4, -0.2) is 140 Å². The molecule has 9 N–H and O–H groups in total. The Bertz CT molecular complexity index is 1990. The van der Waals surface area contributed by atoms with E-state index in [1.54, 1.807) is 6.08 Å². The van der Waals surface area contributed by atoms with Gasteiger partial charge in [-0.15, -0.1) is 0 Å². The predicted molar refractivity (Wildman–Crippen MR) is 410 cm³/mol. The first-order valence-corrected chi connectivity index (χ1v) is 41.3. The molecule has 14 nitrogen and oxygen atoms in total. The quantitative estimate of drug-likeness (QED) is 0.0204. The molecule has 2 saturated heterocycles. The van der Waals surface area contributed by atoms with Gasteiger partial charge in [0.1, 0.15) is 48.8 Å². The van der Waals surface area contributed by atoms with Crippen LogP contribution in [-0.2, 0) is 23.7 Å². The number of hydrogen-bond donors (Lipinski definition) is 9. The molecule has 2 heterocycles. The number of amides is 1. The molecule has 0 radical (unpaired) electrons. The van der Waals surface area contributed by atoms with Crippen LogP contribution in [0.4, 0.5) is 0 Å². The third-order valence-electron chi connectivity index (χ3n) is 19.8. The monoisotopic (exact) mass is 1400 g/mol. The van der Waals surface area contributed by atoms with Crippen molar-refractivity contribution >= 4 is 5.91 Å². The summed E-state index contributed by atoms with van der Waals surface area (Å²) in [6.45, 7) is 2.72. The van der Waals surface area contributed by atoms with Crippen molar-refractivity contribution < 1.29 is 64.6 Å². The number of rotatable bonds is 69. The minimum atomic E-state index is -1.79. The number of allylic oxidation sites excluding steroid dienone is 13. The van der Waals surface area contributed by atoms with Gasteiger partial charge >= 0.3 is 0 Å². The number of unbranched alkanes of at least 4 members (excludes halogenated alkanes) is 44. The molecule has 0 bridgehead atoms. The molecule has 14 heteroatoms. The molecule has 99 heavy (non-hydrogen) atoms. The molecule has 0 aromatic heterocycles. The number of ether oxygens (including phenoxy) is 4. The van der Waals surface area contributed by atoms with Gasteiger partial charge in [-0.3, -0.25) is 4.79 Å². The molecule has 12 atom stereocenters. The van der Waals surface area contributed by atoms with Crippen molar-refractivity contribution in [2.24, 2.45) is 0 Å². The van der Waals surface area contributed by atoms with Gasteiger partial charge in [0.05, 0.1) is 32.0 Å². The lowest BCUT2D eigenvalue weighted by Crippen LogP contribution is -2.65. The van der Waals surface area contributed by atoms with Crippen molar-refractivity contribution in [2.75, 3.05) is 19.8 Å². The minimum absolute atomic E-state index is 0.246. The lowest BCUT2D eigenvalue weighted by Gasteiger charge is -2.46. The molecule has 0 aliphatic carbocycles. The highest BCUT2D eigenvalue weighted by molar-refractivity contribution is 5.76. The summed E-state index contributed by atoms with van der Waals surface area (Å²) in [4.78, 5) is 13.4. The van der Waals surface area contributed by atoms with Crippen LogP contribution >= 0.6 is 0 Å². The van der Waals surface area contributed by atoms with Crippen LogP contribution in [0.15, 0.2) is 85.1 Å². The summed E-state index contributed by atoms with van der Waals surface area (Å²) in [6.07, 6.45) is 79.6. The van der Waals surface area contributed by atoms with Crippen molar-refractivity contribution in [3.8, 4) is 0 Å². The Morgan fingerprint density at radius 3 is 1.11 bits per heavy atom. The molecule has 12 unspecified atom stereocenters. The van der Waals surface area contributed by atoms with E-state index in [1.165, 1.54) is 257 Å². The molecular weight excluding hydrogens is 1240 g/mol. The van der Waals surface area contributed by atoms with Gasteiger partial charge in [0, 0.05) is 6.42 Å². The molecule has 0 aromatic carbocycles. The fourth-order valence-corrected chi connectivity index (χ4v) is 13.3.